The van der Waals surface area contributed by atoms with Crippen LogP contribution in [0, 0.1) is 6.92 Å². The first kappa shape index (κ1) is 14.1. The van der Waals surface area contributed by atoms with Crippen molar-refractivity contribution < 1.29 is 4.79 Å². The molecule has 0 aliphatic rings. The summed E-state index contributed by atoms with van der Waals surface area (Å²) in [6.07, 6.45) is 5.66. The molecule has 5 nitrogen and oxygen atoms in total. The summed E-state index contributed by atoms with van der Waals surface area (Å²) in [7, 11) is 0. The van der Waals surface area contributed by atoms with E-state index in [2.05, 4.69) is 15.0 Å². The van der Waals surface area contributed by atoms with Crippen LogP contribution in [0.25, 0.3) is 22.0 Å². The van der Waals surface area contributed by atoms with E-state index in [4.69, 9.17) is 5.73 Å². The van der Waals surface area contributed by atoms with Gasteiger partial charge in [0.25, 0.3) is 0 Å². The first-order chi connectivity index (χ1) is 10.6. The fraction of sp³-hybridized carbons (Fsp3) is 0.176. The molecule has 0 saturated carbocycles. The summed E-state index contributed by atoms with van der Waals surface area (Å²) in [6.45, 7) is 3.79. The number of anilines is 1. The van der Waals surface area contributed by atoms with Gasteiger partial charge in [-0.15, -0.1) is 0 Å². The monoisotopic (exact) mass is 292 g/mol. The lowest BCUT2D eigenvalue weighted by Gasteiger charge is -2.08. The SMILES string of the molecule is CCC(=O)c1cc(C)c(-c2cc3cnc(N)cc3cn2)cn1. The Balaban J connectivity index is 2.07. The van der Waals surface area contributed by atoms with E-state index in [9.17, 15) is 4.79 Å². The van der Waals surface area contributed by atoms with Crippen molar-refractivity contribution in [1.82, 2.24) is 15.0 Å². The van der Waals surface area contributed by atoms with Gasteiger partial charge in [-0.05, 0) is 30.7 Å². The minimum atomic E-state index is 0.0424. The summed E-state index contributed by atoms with van der Waals surface area (Å²) >= 11 is 0. The lowest BCUT2D eigenvalue weighted by Crippen LogP contribution is -2.01. The molecule has 0 bridgehead atoms. The molecule has 0 aromatic carbocycles. The minimum Gasteiger partial charge on any atom is -0.384 e. The van der Waals surface area contributed by atoms with Gasteiger partial charge in [-0.3, -0.25) is 14.8 Å². The third kappa shape index (κ3) is 2.53. The van der Waals surface area contributed by atoms with Gasteiger partial charge in [0.1, 0.15) is 11.5 Å². The van der Waals surface area contributed by atoms with Gasteiger partial charge in [0.2, 0.25) is 0 Å². The van der Waals surface area contributed by atoms with E-state index in [1.54, 1.807) is 24.7 Å². The van der Waals surface area contributed by atoms with Gasteiger partial charge in [0.15, 0.2) is 5.78 Å². The van der Waals surface area contributed by atoms with Crippen molar-refractivity contribution in [1.29, 1.82) is 0 Å². The Bertz CT molecular complexity index is 874. The average Bonchev–Trinajstić information content (AvgIpc) is 2.53. The molecule has 0 spiro atoms. The maximum atomic E-state index is 11.7. The molecule has 3 rings (SSSR count). The number of carbonyl (C=O) groups is 1. The number of hydrogen-bond acceptors (Lipinski definition) is 5. The summed E-state index contributed by atoms with van der Waals surface area (Å²) in [6, 6.07) is 5.56. The van der Waals surface area contributed by atoms with E-state index in [1.807, 2.05) is 26.0 Å². The summed E-state index contributed by atoms with van der Waals surface area (Å²) < 4.78 is 0. The molecule has 22 heavy (non-hydrogen) atoms. The number of nitrogens with zero attached hydrogens (tertiary/aromatic N) is 3. The van der Waals surface area contributed by atoms with Crippen molar-refractivity contribution in [2.45, 2.75) is 20.3 Å². The molecule has 5 heteroatoms. The molecule has 3 heterocycles. The van der Waals surface area contributed by atoms with Crippen LogP contribution in [0.5, 0.6) is 0 Å². The van der Waals surface area contributed by atoms with E-state index in [1.165, 1.54) is 0 Å². The molecule has 0 unspecified atom stereocenters. The van der Waals surface area contributed by atoms with E-state index in [-0.39, 0.29) is 5.78 Å². The number of carbonyl (C=O) groups excluding carboxylic acids is 1. The standard InChI is InChI=1S/C17H16N4O/c1-3-16(22)15-4-10(2)13(9-20-15)14-5-11-8-21-17(18)6-12(11)7-19-14/h4-9H,3H2,1-2H3,(H2,18,21). The highest BCUT2D eigenvalue weighted by Gasteiger charge is 2.10. The number of nitrogens with two attached hydrogens (primary N) is 1. The van der Waals surface area contributed by atoms with Gasteiger partial charge in [-0.25, -0.2) is 4.98 Å². The van der Waals surface area contributed by atoms with Crippen LogP contribution in [-0.2, 0) is 0 Å². The van der Waals surface area contributed by atoms with Crippen LogP contribution in [-0.4, -0.2) is 20.7 Å². The molecule has 0 fully saturated rings. The first-order valence-electron chi connectivity index (χ1n) is 7.10. The number of hydrogen-bond donors (Lipinski definition) is 1. The maximum Gasteiger partial charge on any atom is 0.180 e. The highest BCUT2D eigenvalue weighted by molar-refractivity contribution is 5.94. The molecule has 3 aromatic heterocycles. The second kappa shape index (κ2) is 5.52. The number of ketones is 1. The second-order valence-corrected chi connectivity index (χ2v) is 5.19. The predicted octanol–water partition coefficient (Wildman–Crippen LogP) is 3.18. The molecule has 0 atom stereocenters. The zero-order valence-electron chi connectivity index (χ0n) is 12.5. The Kier molecular flexibility index (Phi) is 3.55. The fourth-order valence-electron chi connectivity index (χ4n) is 2.36. The summed E-state index contributed by atoms with van der Waals surface area (Å²) in [5.41, 5.74) is 8.86. The highest BCUT2D eigenvalue weighted by atomic mass is 16.1. The predicted molar refractivity (Wildman–Crippen MR) is 86.5 cm³/mol. The largest absolute Gasteiger partial charge is 0.384 e. The van der Waals surface area contributed by atoms with Crippen molar-refractivity contribution in [3.05, 3.63) is 48.0 Å². The fourth-order valence-corrected chi connectivity index (χ4v) is 2.36. The molecular weight excluding hydrogens is 276 g/mol. The van der Waals surface area contributed by atoms with Crippen LogP contribution in [0.2, 0.25) is 0 Å². The summed E-state index contributed by atoms with van der Waals surface area (Å²) in [5.74, 6) is 0.517. The van der Waals surface area contributed by atoms with Crippen molar-refractivity contribution in [2.24, 2.45) is 0 Å². The molecule has 0 aliphatic carbocycles. The number of rotatable bonds is 3. The van der Waals surface area contributed by atoms with Crippen LogP contribution in [0.15, 0.2) is 36.8 Å². The Labute approximate surface area is 128 Å². The van der Waals surface area contributed by atoms with Crippen LogP contribution < -0.4 is 5.73 Å². The molecule has 110 valence electrons. The zero-order chi connectivity index (χ0) is 15.7. The maximum absolute atomic E-state index is 11.7. The molecule has 0 aliphatic heterocycles. The molecule has 2 N–H and O–H groups in total. The Morgan fingerprint density at radius 1 is 1.05 bits per heavy atom. The van der Waals surface area contributed by atoms with Gasteiger partial charge in [-0.2, -0.15) is 0 Å². The van der Waals surface area contributed by atoms with Crippen LogP contribution >= 0.6 is 0 Å². The molecule has 3 aromatic rings. The van der Waals surface area contributed by atoms with Crippen molar-refractivity contribution in [3.63, 3.8) is 0 Å². The number of aryl methyl sites for hydroxylation is 1. The van der Waals surface area contributed by atoms with E-state index >= 15 is 0 Å². The van der Waals surface area contributed by atoms with Crippen LogP contribution in [0.4, 0.5) is 5.82 Å². The topological polar surface area (TPSA) is 81.8 Å². The number of nitrogen functional groups attached to an aromatic ring is 1. The van der Waals surface area contributed by atoms with Gasteiger partial charge >= 0.3 is 0 Å². The third-order valence-electron chi connectivity index (χ3n) is 3.62. The Hall–Kier alpha value is -2.82. The van der Waals surface area contributed by atoms with Crippen molar-refractivity contribution in [3.8, 4) is 11.3 Å². The van der Waals surface area contributed by atoms with E-state index in [0.717, 1.165) is 27.6 Å². The summed E-state index contributed by atoms with van der Waals surface area (Å²) in [5, 5.41) is 1.91. The Morgan fingerprint density at radius 2 is 1.77 bits per heavy atom. The van der Waals surface area contributed by atoms with Crippen LogP contribution in [0.3, 0.4) is 0 Å². The lowest BCUT2D eigenvalue weighted by molar-refractivity contribution is 0.0983. The van der Waals surface area contributed by atoms with Gasteiger partial charge < -0.3 is 5.73 Å². The first-order valence-corrected chi connectivity index (χ1v) is 7.10. The lowest BCUT2D eigenvalue weighted by atomic mass is 10.0. The molecule has 0 amide bonds. The van der Waals surface area contributed by atoms with Gasteiger partial charge in [0, 0.05) is 41.3 Å². The van der Waals surface area contributed by atoms with E-state index in [0.29, 0.717) is 17.9 Å². The molecular formula is C17H16N4O. The van der Waals surface area contributed by atoms with Crippen LogP contribution in [0.1, 0.15) is 29.4 Å². The normalized spacial score (nSPS) is 10.8. The van der Waals surface area contributed by atoms with Gasteiger partial charge in [0.05, 0.1) is 5.69 Å². The van der Waals surface area contributed by atoms with Gasteiger partial charge in [-0.1, -0.05) is 6.92 Å². The number of pyridine rings is 3. The molecule has 0 radical (unpaired) electrons. The quantitative estimate of drug-likeness (QED) is 0.750. The Morgan fingerprint density at radius 3 is 2.50 bits per heavy atom. The van der Waals surface area contributed by atoms with E-state index < -0.39 is 0 Å². The van der Waals surface area contributed by atoms with Crippen molar-refractivity contribution >= 4 is 22.4 Å². The number of Topliss-reactive ketones (excluding diaryl/α,β-unsaturated/α-hetero) is 1. The van der Waals surface area contributed by atoms with Crippen molar-refractivity contribution in [2.75, 3.05) is 5.73 Å². The molecule has 0 saturated heterocycles. The third-order valence-corrected chi connectivity index (χ3v) is 3.62. The minimum absolute atomic E-state index is 0.0424. The smallest absolute Gasteiger partial charge is 0.180 e. The zero-order valence-corrected chi connectivity index (χ0v) is 12.5. The number of fused-ring (bicyclic) bond motifs is 1. The highest BCUT2D eigenvalue weighted by Crippen LogP contribution is 2.25. The summed E-state index contributed by atoms with van der Waals surface area (Å²) in [4.78, 5) is 24.5. The second-order valence-electron chi connectivity index (χ2n) is 5.19. The average molecular weight is 292 g/mol. The number of aromatic nitrogens is 3.